The van der Waals surface area contributed by atoms with Crippen LogP contribution in [0.2, 0.25) is 0 Å². The highest BCUT2D eigenvalue weighted by molar-refractivity contribution is 7.25. The predicted molar refractivity (Wildman–Crippen MR) is 222 cm³/mol. The highest BCUT2D eigenvalue weighted by Crippen LogP contribution is 2.55. The molecule has 8 aromatic carbocycles. The number of hydrogen-bond acceptors (Lipinski definition) is 3. The third-order valence-electron chi connectivity index (χ3n) is 11.2. The third-order valence-corrected chi connectivity index (χ3v) is 12.4. The van der Waals surface area contributed by atoms with Crippen molar-refractivity contribution in [2.45, 2.75) is 19.3 Å². The summed E-state index contributed by atoms with van der Waals surface area (Å²) in [7, 11) is 0. The second kappa shape index (κ2) is 10.9. The average Bonchev–Trinajstić information content (AvgIpc) is 3.83. The fourth-order valence-electron chi connectivity index (χ4n) is 8.94. The van der Waals surface area contributed by atoms with E-state index in [-0.39, 0.29) is 5.41 Å². The van der Waals surface area contributed by atoms with E-state index in [0.29, 0.717) is 0 Å². The monoisotopic (exact) mass is 683 g/mol. The number of para-hydroxylation sites is 1. The van der Waals surface area contributed by atoms with Crippen LogP contribution in [0.3, 0.4) is 0 Å². The van der Waals surface area contributed by atoms with Gasteiger partial charge in [-0.2, -0.15) is 0 Å². The molecule has 0 unspecified atom stereocenters. The summed E-state index contributed by atoms with van der Waals surface area (Å²) in [6, 6.07) is 59.9. The number of fused-ring (bicyclic) bond motifs is 11. The Kier molecular flexibility index (Phi) is 6.21. The second-order valence-electron chi connectivity index (χ2n) is 14.4. The summed E-state index contributed by atoms with van der Waals surface area (Å²) in [5.74, 6) is 0. The van der Waals surface area contributed by atoms with Crippen molar-refractivity contribution in [3.05, 3.63) is 175 Å². The minimum Gasteiger partial charge on any atom is -0.455 e. The molecule has 11 rings (SSSR count). The topological polar surface area (TPSA) is 16.4 Å². The smallest absolute Gasteiger partial charge is 0.143 e. The fraction of sp³-hybridized carbons (Fsp3) is 0.0612. The van der Waals surface area contributed by atoms with Gasteiger partial charge in [-0.25, -0.2) is 0 Å². The summed E-state index contributed by atoms with van der Waals surface area (Å²) in [6.07, 6.45) is 0. The molecule has 3 heteroatoms. The maximum absolute atomic E-state index is 6.69. The predicted octanol–water partition coefficient (Wildman–Crippen LogP) is 14.6. The minimum absolute atomic E-state index is 0.198. The van der Waals surface area contributed by atoms with Crippen LogP contribution in [0.5, 0.6) is 0 Å². The molecule has 2 aromatic heterocycles. The van der Waals surface area contributed by atoms with Crippen molar-refractivity contribution >= 4 is 81.3 Å². The molecule has 2 nitrogen and oxygen atoms in total. The van der Waals surface area contributed by atoms with Crippen LogP contribution in [-0.2, 0) is 5.41 Å². The van der Waals surface area contributed by atoms with E-state index in [1.165, 1.54) is 53.5 Å². The molecule has 0 radical (unpaired) electrons. The van der Waals surface area contributed by atoms with Gasteiger partial charge >= 0.3 is 0 Å². The lowest BCUT2D eigenvalue weighted by Gasteiger charge is -2.33. The van der Waals surface area contributed by atoms with Gasteiger partial charge < -0.3 is 9.32 Å². The van der Waals surface area contributed by atoms with Crippen molar-refractivity contribution in [1.82, 2.24) is 0 Å². The summed E-state index contributed by atoms with van der Waals surface area (Å²) in [4.78, 5) is 2.52. The molecule has 0 bridgehead atoms. The van der Waals surface area contributed by atoms with Crippen LogP contribution in [0.4, 0.5) is 17.1 Å². The summed E-state index contributed by atoms with van der Waals surface area (Å²) in [5, 5.41) is 7.17. The van der Waals surface area contributed by atoms with E-state index in [0.717, 1.165) is 49.8 Å². The maximum Gasteiger partial charge on any atom is 0.143 e. The van der Waals surface area contributed by atoms with Gasteiger partial charge in [0.15, 0.2) is 0 Å². The van der Waals surface area contributed by atoms with Crippen molar-refractivity contribution in [3.8, 4) is 22.3 Å². The minimum atomic E-state index is -0.198. The number of furan rings is 1. The molecular formula is C49H33NOS. The number of anilines is 3. The molecule has 0 fully saturated rings. The molecular weight excluding hydrogens is 651 g/mol. The Morgan fingerprint density at radius 3 is 2.12 bits per heavy atom. The van der Waals surface area contributed by atoms with Crippen LogP contribution in [-0.4, -0.2) is 0 Å². The zero-order valence-corrected chi connectivity index (χ0v) is 29.7. The molecule has 1 aliphatic carbocycles. The molecule has 10 aromatic rings. The Morgan fingerprint density at radius 1 is 0.500 bits per heavy atom. The van der Waals surface area contributed by atoms with Crippen LogP contribution < -0.4 is 4.90 Å². The molecule has 1 aliphatic rings. The normalized spacial score (nSPS) is 13.3. The molecule has 246 valence electrons. The van der Waals surface area contributed by atoms with Gasteiger partial charge in [-0.3, -0.25) is 0 Å². The van der Waals surface area contributed by atoms with Gasteiger partial charge in [0, 0.05) is 53.0 Å². The highest BCUT2D eigenvalue weighted by atomic mass is 32.1. The number of rotatable bonds is 4. The zero-order valence-electron chi connectivity index (χ0n) is 28.9. The Balaban J connectivity index is 1.22. The van der Waals surface area contributed by atoms with Gasteiger partial charge in [-0.1, -0.05) is 129 Å². The molecule has 0 atom stereocenters. The molecule has 0 N–H and O–H groups in total. The van der Waals surface area contributed by atoms with Crippen LogP contribution in [0.25, 0.3) is 75.1 Å². The van der Waals surface area contributed by atoms with Gasteiger partial charge in [0.25, 0.3) is 0 Å². The van der Waals surface area contributed by atoms with Gasteiger partial charge in [-0.15, -0.1) is 11.3 Å². The van der Waals surface area contributed by atoms with Crippen LogP contribution in [0, 0.1) is 0 Å². The molecule has 0 aliphatic heterocycles. The van der Waals surface area contributed by atoms with Crippen molar-refractivity contribution in [2.24, 2.45) is 0 Å². The summed E-state index contributed by atoms with van der Waals surface area (Å²) in [5.41, 5.74) is 12.7. The first-order valence-corrected chi connectivity index (χ1v) is 18.7. The van der Waals surface area contributed by atoms with Gasteiger partial charge in [0.05, 0.1) is 11.4 Å². The first-order chi connectivity index (χ1) is 25.6. The molecule has 0 amide bonds. The van der Waals surface area contributed by atoms with E-state index in [9.17, 15) is 0 Å². The van der Waals surface area contributed by atoms with Crippen molar-refractivity contribution in [3.63, 3.8) is 0 Å². The van der Waals surface area contributed by atoms with Gasteiger partial charge in [0.1, 0.15) is 11.2 Å². The van der Waals surface area contributed by atoms with Crippen molar-refractivity contribution < 1.29 is 4.42 Å². The van der Waals surface area contributed by atoms with E-state index in [2.05, 4.69) is 183 Å². The zero-order chi connectivity index (χ0) is 34.6. The number of thiophene rings is 1. The van der Waals surface area contributed by atoms with Crippen LogP contribution in [0.15, 0.2) is 168 Å². The lowest BCUT2D eigenvalue weighted by atomic mass is 9.81. The quantitative estimate of drug-likeness (QED) is 0.184. The molecule has 0 saturated heterocycles. The summed E-state index contributed by atoms with van der Waals surface area (Å²) in [6.45, 7) is 4.76. The standard InChI is InChI=1S/C49H33NOS/c1-49(2)40-20-8-5-15-33(40)37-19-11-22-42(47(37)49)50(31-26-28-45-39(29-31)35-17-7-10-24-44(35)52-45)41-21-9-6-16-34(41)36-18-12-23-43-46(36)38-27-25-30-13-3-4-14-32(30)48(38)51-43/h3-29H,1-2H3. The molecule has 0 spiro atoms. The SMILES string of the molecule is CC1(C)c2ccccc2-c2cccc(N(c3ccc4sc5ccccc5c4c3)c3ccccc3-c3cccc4oc5c6ccccc6ccc5c34)c21. The average molecular weight is 684 g/mol. The first kappa shape index (κ1) is 29.6. The summed E-state index contributed by atoms with van der Waals surface area (Å²) < 4.78 is 9.30. The Hall–Kier alpha value is -6.16. The van der Waals surface area contributed by atoms with Crippen LogP contribution >= 0.6 is 11.3 Å². The second-order valence-corrected chi connectivity index (χ2v) is 15.5. The van der Waals surface area contributed by atoms with Crippen molar-refractivity contribution in [2.75, 3.05) is 4.90 Å². The Bertz CT molecular complexity index is 3070. The number of nitrogens with zero attached hydrogens (tertiary/aromatic N) is 1. The van der Waals surface area contributed by atoms with E-state index >= 15 is 0 Å². The van der Waals surface area contributed by atoms with Crippen molar-refractivity contribution in [1.29, 1.82) is 0 Å². The molecule has 52 heavy (non-hydrogen) atoms. The fourth-order valence-corrected chi connectivity index (χ4v) is 10.0. The highest BCUT2D eigenvalue weighted by Gasteiger charge is 2.39. The lowest BCUT2D eigenvalue weighted by Crippen LogP contribution is -2.21. The maximum atomic E-state index is 6.69. The largest absolute Gasteiger partial charge is 0.455 e. The Labute approximate surface area is 305 Å². The number of benzene rings is 8. The van der Waals surface area contributed by atoms with Gasteiger partial charge in [0.2, 0.25) is 0 Å². The molecule has 0 saturated carbocycles. The lowest BCUT2D eigenvalue weighted by molar-refractivity contribution is 0.661. The van der Waals surface area contributed by atoms with E-state index < -0.39 is 0 Å². The molecule has 2 heterocycles. The van der Waals surface area contributed by atoms with E-state index in [4.69, 9.17) is 4.42 Å². The first-order valence-electron chi connectivity index (χ1n) is 17.9. The van der Waals surface area contributed by atoms with Crippen LogP contribution in [0.1, 0.15) is 25.0 Å². The third kappa shape index (κ3) is 4.11. The van der Waals surface area contributed by atoms with Gasteiger partial charge in [-0.05, 0) is 81.7 Å². The Morgan fingerprint density at radius 2 is 1.19 bits per heavy atom. The van der Waals surface area contributed by atoms with E-state index in [1.54, 1.807) is 0 Å². The summed E-state index contributed by atoms with van der Waals surface area (Å²) >= 11 is 1.86. The van der Waals surface area contributed by atoms with E-state index in [1.807, 2.05) is 11.3 Å². The number of hydrogen-bond donors (Lipinski definition) is 0.